The van der Waals surface area contributed by atoms with E-state index in [0.29, 0.717) is 6.54 Å². The van der Waals surface area contributed by atoms with Crippen LogP contribution in [0.25, 0.3) is 10.8 Å². The van der Waals surface area contributed by atoms with Gasteiger partial charge in [-0.3, -0.25) is 4.79 Å². The summed E-state index contributed by atoms with van der Waals surface area (Å²) in [5.74, 6) is -0.468. The molecule has 0 aromatic heterocycles. The molecule has 4 aromatic carbocycles. The van der Waals surface area contributed by atoms with Crippen molar-refractivity contribution in [2.24, 2.45) is 0 Å². The van der Waals surface area contributed by atoms with Crippen LogP contribution in [0.15, 0.2) is 97.1 Å². The lowest BCUT2D eigenvalue weighted by Gasteiger charge is -2.30. The summed E-state index contributed by atoms with van der Waals surface area (Å²) < 4.78 is 0. The predicted octanol–water partition coefficient (Wildman–Crippen LogP) is 5.83. The second-order valence-electron chi connectivity index (χ2n) is 9.27. The summed E-state index contributed by atoms with van der Waals surface area (Å²) in [6, 6.07) is 33.0. The molecule has 5 heteroatoms. The number of anilines is 1. The van der Waals surface area contributed by atoms with E-state index in [9.17, 15) is 9.90 Å². The molecule has 1 amide bonds. The molecule has 4 nitrogen and oxygen atoms in total. The van der Waals surface area contributed by atoms with Crippen molar-refractivity contribution >= 4 is 30.1 Å². The van der Waals surface area contributed by atoms with Gasteiger partial charge in [0.15, 0.2) is 5.81 Å². The summed E-state index contributed by atoms with van der Waals surface area (Å²) in [4.78, 5) is 15.9. The molecule has 1 saturated heterocycles. The first kappa shape index (κ1) is 23.2. The number of aliphatic hydroxyl groups excluding tert-OH is 1. The van der Waals surface area contributed by atoms with Gasteiger partial charge in [-0.15, -0.1) is 0 Å². The van der Waals surface area contributed by atoms with Gasteiger partial charge in [-0.1, -0.05) is 84.9 Å². The molecule has 35 heavy (non-hydrogen) atoms. The third-order valence-corrected chi connectivity index (χ3v) is 6.96. The van der Waals surface area contributed by atoms with Crippen LogP contribution in [0.1, 0.15) is 35.6 Å². The Balaban J connectivity index is 1.53. The average Bonchev–Trinajstić information content (AvgIpc) is 3.39. The Morgan fingerprint density at radius 1 is 0.914 bits per heavy atom. The van der Waals surface area contributed by atoms with Gasteiger partial charge >= 0.3 is 0 Å². The first-order valence-electron chi connectivity index (χ1n) is 12.2. The number of nitrogens with zero attached hydrogens (tertiary/aromatic N) is 2. The average molecular weight is 460 g/mol. The van der Waals surface area contributed by atoms with Gasteiger partial charge in [-0.25, -0.2) is 0 Å². The van der Waals surface area contributed by atoms with Crippen LogP contribution in [0.4, 0.5) is 10.5 Å². The van der Waals surface area contributed by atoms with E-state index in [1.54, 1.807) is 4.90 Å². The minimum atomic E-state index is -0.791. The number of rotatable bonds is 7. The van der Waals surface area contributed by atoms with E-state index in [1.165, 1.54) is 11.1 Å². The zero-order valence-electron chi connectivity index (χ0n) is 19.8. The van der Waals surface area contributed by atoms with Crippen LogP contribution in [-0.2, 0) is 13.1 Å². The predicted molar refractivity (Wildman–Crippen MR) is 143 cm³/mol. The molecular weight excluding hydrogens is 431 g/mol. The van der Waals surface area contributed by atoms with Gasteiger partial charge in [0.05, 0.1) is 12.1 Å². The smallest absolute Gasteiger partial charge is 0.200 e. The van der Waals surface area contributed by atoms with Crippen molar-refractivity contribution in [3.8, 4) is 0 Å². The summed E-state index contributed by atoms with van der Waals surface area (Å²) in [6.07, 6.45) is 0.803. The van der Waals surface area contributed by atoms with Gasteiger partial charge in [0.25, 0.3) is 0 Å². The van der Waals surface area contributed by atoms with Crippen molar-refractivity contribution in [3.05, 3.63) is 114 Å². The minimum Gasteiger partial charge on any atom is -0.386 e. The Hall–Kier alpha value is -3.57. The zero-order chi connectivity index (χ0) is 24.2. The second-order valence-corrected chi connectivity index (χ2v) is 9.27. The maximum Gasteiger partial charge on any atom is 0.200 e. The Morgan fingerprint density at radius 2 is 1.57 bits per heavy atom. The Morgan fingerprint density at radius 3 is 2.20 bits per heavy atom. The van der Waals surface area contributed by atoms with Crippen LogP contribution >= 0.6 is 0 Å². The van der Waals surface area contributed by atoms with Crippen LogP contribution in [0.5, 0.6) is 0 Å². The number of carbonyl (C=O) groups is 1. The molecule has 2 unspecified atom stereocenters. The fourth-order valence-electron chi connectivity index (χ4n) is 5.19. The van der Waals surface area contributed by atoms with Gasteiger partial charge in [0.2, 0.25) is 7.85 Å². The minimum absolute atomic E-state index is 0.300. The van der Waals surface area contributed by atoms with Crippen LogP contribution in [0, 0.1) is 0 Å². The first-order valence-corrected chi connectivity index (χ1v) is 12.2. The van der Waals surface area contributed by atoms with Crippen molar-refractivity contribution < 1.29 is 9.90 Å². The van der Waals surface area contributed by atoms with Crippen molar-refractivity contribution in [1.29, 1.82) is 0 Å². The van der Waals surface area contributed by atoms with Gasteiger partial charge < -0.3 is 14.9 Å². The summed E-state index contributed by atoms with van der Waals surface area (Å²) in [5.41, 5.74) is 4.39. The van der Waals surface area contributed by atoms with E-state index in [-0.39, 0.29) is 6.04 Å². The van der Waals surface area contributed by atoms with Crippen molar-refractivity contribution in [1.82, 2.24) is 4.90 Å². The Labute approximate surface area is 208 Å². The molecule has 0 spiro atoms. The lowest BCUT2D eigenvalue weighted by Crippen LogP contribution is -2.38. The number of fused-ring (bicyclic) bond motifs is 1. The molecule has 2 radical (unpaired) electrons. The number of amides is 1. The Kier molecular flexibility index (Phi) is 6.87. The third kappa shape index (κ3) is 5.10. The summed E-state index contributed by atoms with van der Waals surface area (Å²) >= 11 is 0. The van der Waals surface area contributed by atoms with Crippen LogP contribution < -0.4 is 4.90 Å². The molecular formula is C30H29BN2O2. The van der Waals surface area contributed by atoms with Gasteiger partial charge in [0, 0.05) is 25.3 Å². The highest BCUT2D eigenvalue weighted by molar-refractivity contribution is 6.57. The number of hydrogen-bond donors (Lipinski definition) is 1. The molecule has 1 fully saturated rings. The molecule has 2 atom stereocenters. The van der Waals surface area contributed by atoms with Gasteiger partial charge in [-0.05, 0) is 52.4 Å². The van der Waals surface area contributed by atoms with Gasteiger partial charge in [-0.2, -0.15) is 0 Å². The number of carbonyl (C=O) groups excluding carboxylic acids is 1. The molecule has 174 valence electrons. The molecule has 0 bridgehead atoms. The van der Waals surface area contributed by atoms with Gasteiger partial charge in [0.1, 0.15) is 0 Å². The molecule has 1 aliphatic heterocycles. The SMILES string of the molecule is [B]C(=O)N1CCCC1C(O)c1cccc2ccc(N(Cc3ccccc3)Cc3ccccc3)cc12. The van der Waals surface area contributed by atoms with Crippen molar-refractivity contribution in [2.75, 3.05) is 11.4 Å². The third-order valence-electron chi connectivity index (χ3n) is 6.96. The second kappa shape index (κ2) is 10.4. The zero-order valence-corrected chi connectivity index (χ0v) is 19.8. The standard InChI is InChI=1S/C30H29BN2O2/c31-30(35)33-18-8-15-28(33)29(34)26-14-7-13-24-16-17-25(19-27(24)26)32(20-22-9-3-1-4-10-22)21-23-11-5-2-6-12-23/h1-7,9-14,16-17,19,28-29,34H,8,15,18,20-21H2. The fraction of sp³-hybridized carbons (Fsp3) is 0.233. The van der Waals surface area contributed by atoms with E-state index >= 15 is 0 Å². The highest BCUT2D eigenvalue weighted by atomic mass is 16.3. The lowest BCUT2D eigenvalue weighted by atomic mass is 9.93. The molecule has 5 rings (SSSR count). The van der Waals surface area contributed by atoms with Crippen molar-refractivity contribution in [2.45, 2.75) is 38.1 Å². The number of aliphatic hydroxyl groups is 1. The van der Waals surface area contributed by atoms with E-state index in [1.807, 2.05) is 24.3 Å². The Bertz CT molecular complexity index is 1250. The summed E-state index contributed by atoms with van der Waals surface area (Å²) in [7, 11) is 5.60. The molecule has 1 aliphatic rings. The molecule has 1 heterocycles. The fourth-order valence-corrected chi connectivity index (χ4v) is 5.19. The van der Waals surface area contributed by atoms with E-state index < -0.39 is 11.9 Å². The lowest BCUT2D eigenvalue weighted by molar-refractivity contribution is 0.0930. The number of benzene rings is 4. The summed E-state index contributed by atoms with van der Waals surface area (Å²) in [6.45, 7) is 2.13. The first-order chi connectivity index (χ1) is 17.1. The number of likely N-dealkylation sites (tertiary alicyclic amines) is 1. The van der Waals surface area contributed by atoms with E-state index in [4.69, 9.17) is 7.85 Å². The highest BCUT2D eigenvalue weighted by Gasteiger charge is 2.33. The summed E-state index contributed by atoms with van der Waals surface area (Å²) in [5, 5.41) is 13.4. The monoisotopic (exact) mass is 460 g/mol. The van der Waals surface area contributed by atoms with Crippen LogP contribution in [0.2, 0.25) is 0 Å². The highest BCUT2D eigenvalue weighted by Crippen LogP contribution is 2.35. The molecule has 1 N–H and O–H groups in total. The molecule has 0 aliphatic carbocycles. The van der Waals surface area contributed by atoms with Crippen molar-refractivity contribution in [3.63, 3.8) is 0 Å². The largest absolute Gasteiger partial charge is 0.386 e. The maximum atomic E-state index is 11.9. The maximum absolute atomic E-state index is 11.9. The van der Waals surface area contributed by atoms with E-state index in [0.717, 1.165) is 48.0 Å². The van der Waals surface area contributed by atoms with Crippen LogP contribution in [-0.4, -0.2) is 36.2 Å². The quantitative estimate of drug-likeness (QED) is 0.353. The van der Waals surface area contributed by atoms with E-state index in [2.05, 4.69) is 77.7 Å². The molecule has 0 saturated carbocycles. The molecule has 4 aromatic rings. The normalized spacial score (nSPS) is 16.4. The topological polar surface area (TPSA) is 43.8 Å². The number of hydrogen-bond acceptors (Lipinski definition) is 3. The van der Waals surface area contributed by atoms with Crippen LogP contribution in [0.3, 0.4) is 0 Å².